The molecule has 72 valence electrons. The summed E-state index contributed by atoms with van der Waals surface area (Å²) in [6.07, 6.45) is 2.40. The third kappa shape index (κ3) is 1.54. The Morgan fingerprint density at radius 3 is 3.07 bits per heavy atom. The molecule has 3 heteroatoms. The molecule has 0 aromatic heterocycles. The Morgan fingerprint density at radius 1 is 1.50 bits per heavy atom. The second-order valence-corrected chi connectivity index (χ2v) is 3.22. The third-order valence-corrected chi connectivity index (χ3v) is 2.24. The van der Waals surface area contributed by atoms with Crippen molar-refractivity contribution in [1.29, 1.82) is 0 Å². The molecular weight excluding hydrogens is 176 g/mol. The van der Waals surface area contributed by atoms with Crippen LogP contribution >= 0.6 is 0 Å². The van der Waals surface area contributed by atoms with Gasteiger partial charge >= 0.3 is 0 Å². The first-order chi connectivity index (χ1) is 6.81. The normalized spacial score (nSPS) is 16.2. The van der Waals surface area contributed by atoms with E-state index in [1.54, 1.807) is 6.08 Å². The predicted octanol–water partition coefficient (Wildman–Crippen LogP) is 1.49. The molecule has 0 bridgehead atoms. The lowest BCUT2D eigenvalue weighted by Crippen LogP contribution is -2.31. The van der Waals surface area contributed by atoms with Crippen molar-refractivity contribution in [3.63, 3.8) is 0 Å². The topological polar surface area (TPSA) is 47.6 Å². The van der Waals surface area contributed by atoms with Gasteiger partial charge in [-0.25, -0.2) is 0 Å². The van der Waals surface area contributed by atoms with Crippen LogP contribution in [0.1, 0.15) is 5.56 Å². The molecule has 1 aliphatic heterocycles. The number of benzene rings is 1. The molecule has 0 spiro atoms. The molecule has 1 atom stereocenters. The standard InChI is InChI=1S/C11H12N2O/c1-2-9(12)10-7-8-5-3-4-6-11(8)14-13-10/h2-6,9H,1,7,12H2. The van der Waals surface area contributed by atoms with Crippen LogP contribution in [0.25, 0.3) is 0 Å². The quantitative estimate of drug-likeness (QED) is 0.715. The van der Waals surface area contributed by atoms with E-state index < -0.39 is 0 Å². The molecule has 1 heterocycles. The van der Waals surface area contributed by atoms with E-state index in [4.69, 9.17) is 10.6 Å². The van der Waals surface area contributed by atoms with Gasteiger partial charge in [0.2, 0.25) is 0 Å². The van der Waals surface area contributed by atoms with Crippen molar-refractivity contribution in [3.05, 3.63) is 42.5 Å². The molecule has 3 nitrogen and oxygen atoms in total. The van der Waals surface area contributed by atoms with Gasteiger partial charge < -0.3 is 10.6 Å². The smallest absolute Gasteiger partial charge is 0.161 e. The van der Waals surface area contributed by atoms with Crippen LogP contribution in [0.15, 0.2) is 42.1 Å². The molecule has 0 fully saturated rings. The van der Waals surface area contributed by atoms with Gasteiger partial charge in [0.25, 0.3) is 0 Å². The molecule has 1 unspecified atom stereocenters. The maximum Gasteiger partial charge on any atom is 0.161 e. The highest BCUT2D eigenvalue weighted by molar-refractivity contribution is 5.93. The Bertz CT molecular complexity index is 385. The molecular formula is C11H12N2O. The molecule has 0 saturated carbocycles. The van der Waals surface area contributed by atoms with E-state index in [0.717, 1.165) is 23.4 Å². The fraction of sp³-hybridized carbons (Fsp3) is 0.182. The Kier molecular flexibility index (Phi) is 2.33. The van der Waals surface area contributed by atoms with Gasteiger partial charge in [-0.05, 0) is 6.07 Å². The van der Waals surface area contributed by atoms with Gasteiger partial charge in [-0.15, -0.1) is 6.58 Å². The molecule has 0 radical (unpaired) electrons. The van der Waals surface area contributed by atoms with Gasteiger partial charge in [-0.3, -0.25) is 0 Å². The fourth-order valence-electron chi connectivity index (χ4n) is 1.39. The lowest BCUT2D eigenvalue weighted by Gasteiger charge is -2.17. The summed E-state index contributed by atoms with van der Waals surface area (Å²) in [5.41, 5.74) is 7.71. The van der Waals surface area contributed by atoms with E-state index in [-0.39, 0.29) is 6.04 Å². The van der Waals surface area contributed by atoms with Crippen molar-refractivity contribution in [2.75, 3.05) is 0 Å². The summed E-state index contributed by atoms with van der Waals surface area (Å²) in [4.78, 5) is 5.22. The summed E-state index contributed by atoms with van der Waals surface area (Å²) in [7, 11) is 0. The van der Waals surface area contributed by atoms with E-state index in [0.29, 0.717) is 0 Å². The van der Waals surface area contributed by atoms with E-state index in [1.165, 1.54) is 0 Å². The Balaban J connectivity index is 2.25. The first-order valence-corrected chi connectivity index (χ1v) is 4.51. The molecule has 0 amide bonds. The average molecular weight is 188 g/mol. The largest absolute Gasteiger partial charge is 0.357 e. The summed E-state index contributed by atoms with van der Waals surface area (Å²) in [5, 5.41) is 3.96. The number of hydrogen-bond acceptors (Lipinski definition) is 3. The van der Waals surface area contributed by atoms with Gasteiger partial charge in [0, 0.05) is 12.0 Å². The molecule has 0 aliphatic carbocycles. The van der Waals surface area contributed by atoms with Crippen LogP contribution in [0.5, 0.6) is 5.75 Å². The van der Waals surface area contributed by atoms with E-state index in [9.17, 15) is 0 Å². The van der Waals surface area contributed by atoms with Crippen molar-refractivity contribution in [1.82, 2.24) is 0 Å². The van der Waals surface area contributed by atoms with Crippen molar-refractivity contribution < 1.29 is 4.84 Å². The molecule has 1 aromatic rings. The van der Waals surface area contributed by atoms with E-state index >= 15 is 0 Å². The summed E-state index contributed by atoms with van der Waals surface area (Å²) in [6.45, 7) is 3.63. The Labute approximate surface area is 82.9 Å². The number of hydrogen-bond donors (Lipinski definition) is 1. The maximum atomic E-state index is 5.78. The number of rotatable bonds is 2. The number of nitrogens with two attached hydrogens (primary N) is 1. The summed E-state index contributed by atoms with van der Waals surface area (Å²) >= 11 is 0. The molecule has 2 rings (SSSR count). The van der Waals surface area contributed by atoms with Crippen LogP contribution in [-0.2, 0) is 6.42 Å². The van der Waals surface area contributed by atoms with Gasteiger partial charge in [-0.2, -0.15) is 0 Å². The molecule has 0 saturated heterocycles. The van der Waals surface area contributed by atoms with Gasteiger partial charge in [0.15, 0.2) is 5.75 Å². The lowest BCUT2D eigenvalue weighted by molar-refractivity contribution is 0.328. The number of nitrogens with zero attached hydrogens (tertiary/aromatic N) is 1. The van der Waals surface area contributed by atoms with Crippen LogP contribution in [0.4, 0.5) is 0 Å². The summed E-state index contributed by atoms with van der Waals surface area (Å²) in [5.74, 6) is 0.813. The predicted molar refractivity (Wildman–Crippen MR) is 56.4 cm³/mol. The SMILES string of the molecule is C=CC(N)C1=NOc2ccccc2C1. The summed E-state index contributed by atoms with van der Waals surface area (Å²) < 4.78 is 0. The zero-order valence-electron chi connectivity index (χ0n) is 7.81. The highest BCUT2D eigenvalue weighted by Crippen LogP contribution is 2.23. The highest BCUT2D eigenvalue weighted by Gasteiger charge is 2.17. The fourth-order valence-corrected chi connectivity index (χ4v) is 1.39. The molecule has 14 heavy (non-hydrogen) atoms. The van der Waals surface area contributed by atoms with Crippen LogP contribution in [0.3, 0.4) is 0 Å². The van der Waals surface area contributed by atoms with E-state index in [1.807, 2.05) is 24.3 Å². The van der Waals surface area contributed by atoms with Crippen molar-refractivity contribution in [2.24, 2.45) is 10.9 Å². The van der Waals surface area contributed by atoms with Crippen LogP contribution in [0, 0.1) is 0 Å². The lowest BCUT2D eigenvalue weighted by atomic mass is 10.0. The second-order valence-electron chi connectivity index (χ2n) is 3.22. The Hall–Kier alpha value is -1.61. The highest BCUT2D eigenvalue weighted by atomic mass is 16.6. The van der Waals surface area contributed by atoms with Crippen molar-refractivity contribution in [2.45, 2.75) is 12.5 Å². The number of fused-ring (bicyclic) bond motifs is 1. The maximum absolute atomic E-state index is 5.78. The Morgan fingerprint density at radius 2 is 2.29 bits per heavy atom. The number of para-hydroxylation sites is 1. The average Bonchev–Trinajstić information content (AvgIpc) is 2.27. The molecule has 1 aromatic carbocycles. The van der Waals surface area contributed by atoms with E-state index in [2.05, 4.69) is 11.7 Å². The summed E-state index contributed by atoms with van der Waals surface area (Å²) in [6, 6.07) is 7.59. The minimum atomic E-state index is -0.219. The minimum absolute atomic E-state index is 0.219. The van der Waals surface area contributed by atoms with Crippen molar-refractivity contribution in [3.8, 4) is 5.75 Å². The first kappa shape index (κ1) is 8.97. The zero-order valence-corrected chi connectivity index (χ0v) is 7.81. The molecule has 1 aliphatic rings. The van der Waals surface area contributed by atoms with Crippen LogP contribution in [0.2, 0.25) is 0 Å². The monoisotopic (exact) mass is 188 g/mol. The van der Waals surface area contributed by atoms with Crippen LogP contribution in [-0.4, -0.2) is 11.8 Å². The second kappa shape index (κ2) is 3.64. The van der Waals surface area contributed by atoms with Crippen LogP contribution < -0.4 is 10.6 Å². The minimum Gasteiger partial charge on any atom is -0.357 e. The first-order valence-electron chi connectivity index (χ1n) is 4.51. The van der Waals surface area contributed by atoms with Crippen molar-refractivity contribution >= 4 is 5.71 Å². The van der Waals surface area contributed by atoms with Gasteiger partial charge in [0.05, 0.1) is 11.8 Å². The third-order valence-electron chi connectivity index (χ3n) is 2.24. The van der Waals surface area contributed by atoms with Gasteiger partial charge in [0.1, 0.15) is 0 Å². The van der Waals surface area contributed by atoms with Gasteiger partial charge in [-0.1, -0.05) is 29.4 Å². The zero-order chi connectivity index (χ0) is 9.97. The number of oxime groups is 1. The molecule has 2 N–H and O–H groups in total.